The molecule has 1 amide bonds. The molecule has 130 valence electrons. The van der Waals surface area contributed by atoms with Crippen LogP contribution in [0.2, 0.25) is 0 Å². The molecule has 0 spiro atoms. The Bertz CT molecular complexity index is 497. The summed E-state index contributed by atoms with van der Waals surface area (Å²) in [6.45, 7) is 0.592. The lowest BCUT2D eigenvalue weighted by Crippen LogP contribution is -2.45. The summed E-state index contributed by atoms with van der Waals surface area (Å²) < 4.78 is 28.5. The van der Waals surface area contributed by atoms with Crippen molar-refractivity contribution in [2.45, 2.75) is 38.8 Å². The van der Waals surface area contributed by atoms with Crippen LogP contribution in [-0.2, 0) is 11.2 Å². The van der Waals surface area contributed by atoms with E-state index in [-0.39, 0.29) is 36.5 Å². The quantitative estimate of drug-likeness (QED) is 0.890. The molecule has 2 unspecified atom stereocenters. The van der Waals surface area contributed by atoms with Crippen molar-refractivity contribution >= 4 is 18.3 Å². The lowest BCUT2D eigenvalue weighted by molar-refractivity contribution is -0.132. The number of likely N-dealkylation sites (tertiary alicyclic amines) is 1. The van der Waals surface area contributed by atoms with Gasteiger partial charge >= 0.3 is 6.61 Å². The number of nitrogens with two attached hydrogens (primary N) is 1. The summed E-state index contributed by atoms with van der Waals surface area (Å²) in [6, 6.07) is 6.28. The Morgan fingerprint density at radius 2 is 2.04 bits per heavy atom. The molecular weight excluding hydrogens is 326 g/mol. The Labute approximate surface area is 141 Å². The van der Waals surface area contributed by atoms with Crippen molar-refractivity contribution < 1.29 is 18.3 Å². The molecule has 7 heteroatoms. The normalized spacial score (nSPS) is 19.2. The van der Waals surface area contributed by atoms with E-state index in [1.807, 2.05) is 11.8 Å². The predicted octanol–water partition coefficient (Wildman–Crippen LogP) is 2.84. The number of piperidine rings is 1. The van der Waals surface area contributed by atoms with Crippen LogP contribution in [0.25, 0.3) is 0 Å². The van der Waals surface area contributed by atoms with Gasteiger partial charge < -0.3 is 15.4 Å². The molecule has 1 aliphatic heterocycles. The second-order valence-corrected chi connectivity index (χ2v) is 5.80. The number of hydrogen-bond acceptors (Lipinski definition) is 3. The highest BCUT2D eigenvalue weighted by atomic mass is 35.5. The number of amides is 1. The van der Waals surface area contributed by atoms with Crippen LogP contribution in [0.1, 0.15) is 25.3 Å². The number of halogens is 3. The zero-order valence-corrected chi connectivity index (χ0v) is 13.9. The molecule has 1 aliphatic rings. The van der Waals surface area contributed by atoms with Gasteiger partial charge in [-0.2, -0.15) is 8.78 Å². The fourth-order valence-electron chi connectivity index (χ4n) is 2.74. The zero-order chi connectivity index (χ0) is 16.1. The maximum atomic E-state index is 12.3. The van der Waals surface area contributed by atoms with Crippen LogP contribution in [0, 0.1) is 5.92 Å². The van der Waals surface area contributed by atoms with Gasteiger partial charge in [0.25, 0.3) is 0 Å². The Morgan fingerprint density at radius 1 is 1.39 bits per heavy atom. The third-order valence-corrected chi connectivity index (χ3v) is 4.06. The van der Waals surface area contributed by atoms with Gasteiger partial charge in [0.2, 0.25) is 5.91 Å². The number of hydrogen-bond donors (Lipinski definition) is 1. The standard InChI is InChI=1S/C16H22F2N2O2.ClH/c1-11(19)13-3-2-8-20(10-13)15(21)9-12-4-6-14(7-5-12)22-16(17)18;/h4-7,11,13,16H,2-3,8-10,19H2,1H3;1H. The van der Waals surface area contributed by atoms with Gasteiger partial charge in [-0.3, -0.25) is 4.79 Å². The van der Waals surface area contributed by atoms with Crippen molar-refractivity contribution in [3.63, 3.8) is 0 Å². The van der Waals surface area contributed by atoms with Gasteiger partial charge in [0, 0.05) is 19.1 Å². The van der Waals surface area contributed by atoms with Crippen molar-refractivity contribution in [1.82, 2.24) is 4.90 Å². The van der Waals surface area contributed by atoms with Crippen molar-refractivity contribution in [3.8, 4) is 5.75 Å². The number of carbonyl (C=O) groups is 1. The predicted molar refractivity (Wildman–Crippen MR) is 87.0 cm³/mol. The summed E-state index contributed by atoms with van der Waals surface area (Å²) in [5.74, 6) is 0.494. The van der Waals surface area contributed by atoms with Gasteiger partial charge in [-0.25, -0.2) is 0 Å². The van der Waals surface area contributed by atoms with Crippen molar-refractivity contribution in [1.29, 1.82) is 0 Å². The highest BCUT2D eigenvalue weighted by Crippen LogP contribution is 2.20. The van der Waals surface area contributed by atoms with Gasteiger partial charge in [0.15, 0.2) is 0 Å². The fraction of sp³-hybridized carbons (Fsp3) is 0.562. The molecule has 2 N–H and O–H groups in total. The van der Waals surface area contributed by atoms with Crippen molar-refractivity contribution in [3.05, 3.63) is 29.8 Å². The first kappa shape index (κ1) is 19.6. The third kappa shape index (κ3) is 5.95. The van der Waals surface area contributed by atoms with E-state index >= 15 is 0 Å². The first-order chi connectivity index (χ1) is 10.5. The van der Waals surface area contributed by atoms with Crippen LogP contribution in [-0.4, -0.2) is 36.5 Å². The molecule has 1 fully saturated rings. The third-order valence-electron chi connectivity index (χ3n) is 4.06. The average Bonchev–Trinajstić information content (AvgIpc) is 2.49. The van der Waals surface area contributed by atoms with E-state index in [2.05, 4.69) is 4.74 Å². The molecule has 1 saturated heterocycles. The molecule has 23 heavy (non-hydrogen) atoms. The molecule has 2 atom stereocenters. The second kappa shape index (κ2) is 9.03. The number of nitrogens with zero attached hydrogens (tertiary/aromatic N) is 1. The molecule has 0 bridgehead atoms. The van der Waals surface area contributed by atoms with Gasteiger partial charge in [-0.15, -0.1) is 12.4 Å². The van der Waals surface area contributed by atoms with Crippen LogP contribution in [0.3, 0.4) is 0 Å². The van der Waals surface area contributed by atoms with E-state index in [9.17, 15) is 13.6 Å². The van der Waals surface area contributed by atoms with Gasteiger partial charge in [0.1, 0.15) is 5.75 Å². The zero-order valence-electron chi connectivity index (χ0n) is 13.1. The summed E-state index contributed by atoms with van der Waals surface area (Å²) in [5, 5.41) is 0. The first-order valence-corrected chi connectivity index (χ1v) is 7.53. The Balaban J connectivity index is 0.00000264. The molecule has 1 aromatic carbocycles. The Hall–Kier alpha value is -1.40. The highest BCUT2D eigenvalue weighted by Gasteiger charge is 2.25. The number of carbonyl (C=O) groups excluding carboxylic acids is 1. The van der Waals surface area contributed by atoms with E-state index in [4.69, 9.17) is 5.73 Å². The molecule has 2 rings (SSSR count). The molecule has 4 nitrogen and oxygen atoms in total. The summed E-state index contributed by atoms with van der Waals surface area (Å²) in [5.41, 5.74) is 6.71. The van der Waals surface area contributed by atoms with E-state index in [0.717, 1.165) is 24.9 Å². The van der Waals surface area contributed by atoms with Crippen LogP contribution in [0.15, 0.2) is 24.3 Å². The smallest absolute Gasteiger partial charge is 0.387 e. The fourth-order valence-corrected chi connectivity index (χ4v) is 2.74. The monoisotopic (exact) mass is 348 g/mol. The number of ether oxygens (including phenoxy) is 1. The molecule has 1 aromatic rings. The Kier molecular flexibility index (Phi) is 7.72. The molecule has 1 heterocycles. The second-order valence-electron chi connectivity index (χ2n) is 5.80. The summed E-state index contributed by atoms with van der Waals surface area (Å²) in [4.78, 5) is 14.2. The first-order valence-electron chi connectivity index (χ1n) is 7.53. The van der Waals surface area contributed by atoms with Gasteiger partial charge in [-0.1, -0.05) is 12.1 Å². The van der Waals surface area contributed by atoms with Crippen LogP contribution < -0.4 is 10.5 Å². The molecular formula is C16H23ClF2N2O2. The summed E-state index contributed by atoms with van der Waals surface area (Å²) in [6.07, 6.45) is 2.29. The van der Waals surface area contributed by atoms with Crippen LogP contribution in [0.4, 0.5) is 8.78 Å². The van der Waals surface area contributed by atoms with E-state index in [1.54, 1.807) is 12.1 Å². The van der Waals surface area contributed by atoms with Crippen molar-refractivity contribution in [2.75, 3.05) is 13.1 Å². The SMILES string of the molecule is CC(N)C1CCCN(C(=O)Cc2ccc(OC(F)F)cc2)C1.Cl. The summed E-state index contributed by atoms with van der Waals surface area (Å²) >= 11 is 0. The van der Waals surface area contributed by atoms with Crippen molar-refractivity contribution in [2.24, 2.45) is 11.7 Å². The van der Waals surface area contributed by atoms with Crippen LogP contribution in [0.5, 0.6) is 5.75 Å². The largest absolute Gasteiger partial charge is 0.435 e. The molecule has 0 aromatic heterocycles. The van der Waals surface area contributed by atoms with Crippen LogP contribution >= 0.6 is 12.4 Å². The van der Waals surface area contributed by atoms with Gasteiger partial charge in [-0.05, 0) is 43.4 Å². The number of benzene rings is 1. The van der Waals surface area contributed by atoms with E-state index < -0.39 is 6.61 Å². The minimum atomic E-state index is -2.84. The summed E-state index contributed by atoms with van der Waals surface area (Å²) in [7, 11) is 0. The molecule has 0 saturated carbocycles. The average molecular weight is 349 g/mol. The maximum Gasteiger partial charge on any atom is 0.387 e. The number of rotatable bonds is 5. The maximum absolute atomic E-state index is 12.3. The number of alkyl halides is 2. The lowest BCUT2D eigenvalue weighted by atomic mass is 9.92. The minimum Gasteiger partial charge on any atom is -0.435 e. The van der Waals surface area contributed by atoms with E-state index in [1.165, 1.54) is 12.1 Å². The molecule has 0 radical (unpaired) electrons. The highest BCUT2D eigenvalue weighted by molar-refractivity contribution is 5.85. The topological polar surface area (TPSA) is 55.6 Å². The Morgan fingerprint density at radius 3 is 2.61 bits per heavy atom. The van der Waals surface area contributed by atoms with Gasteiger partial charge in [0.05, 0.1) is 6.42 Å². The minimum absolute atomic E-state index is 0. The van der Waals surface area contributed by atoms with E-state index in [0.29, 0.717) is 12.5 Å². The lowest BCUT2D eigenvalue weighted by Gasteiger charge is -2.34. The molecule has 0 aliphatic carbocycles.